The van der Waals surface area contributed by atoms with Gasteiger partial charge < -0.3 is 0 Å². The zero-order valence-electron chi connectivity index (χ0n) is 9.73. The maximum atomic E-state index is 12.3. The minimum absolute atomic E-state index is 0.849. The first-order chi connectivity index (χ1) is 7.79. The third-order valence-electron chi connectivity index (χ3n) is 2.30. The highest BCUT2D eigenvalue weighted by Gasteiger charge is 2.24. The van der Waals surface area contributed by atoms with Gasteiger partial charge in [0.1, 0.15) is 0 Å². The monoisotopic (exact) mass is 233 g/mol. The van der Waals surface area contributed by atoms with Crippen LogP contribution in [0.15, 0.2) is 54.4 Å². The van der Waals surface area contributed by atoms with Crippen LogP contribution in [0, 0.1) is 0 Å². The molecule has 1 unspecified atom stereocenters. The quantitative estimate of drug-likeness (QED) is 0.525. The van der Waals surface area contributed by atoms with Gasteiger partial charge in [-0.25, -0.2) is 0 Å². The number of hydrogen-bond acceptors (Lipinski definition) is 1. The summed E-state index contributed by atoms with van der Waals surface area (Å²) in [5.74, 6) is 0. The standard InChI is InChI=1S/C14H18OP/c1-3-5-10-13(9-4-2)16(15)14-11-7-6-8-12-14/h3,6-9,11-12H,1,4-5,10H2,2H3/q+1/b13-9+. The molecule has 0 bridgehead atoms. The van der Waals surface area contributed by atoms with Crippen LogP contribution < -0.4 is 5.30 Å². The topological polar surface area (TPSA) is 17.1 Å². The van der Waals surface area contributed by atoms with E-state index in [0.29, 0.717) is 0 Å². The summed E-state index contributed by atoms with van der Waals surface area (Å²) in [6, 6.07) is 9.66. The molecule has 0 amide bonds. The third-order valence-corrected chi connectivity index (χ3v) is 3.99. The summed E-state index contributed by atoms with van der Waals surface area (Å²) in [6.45, 7) is 5.77. The summed E-state index contributed by atoms with van der Waals surface area (Å²) in [5.41, 5.74) is 0. The van der Waals surface area contributed by atoms with E-state index in [1.54, 1.807) is 0 Å². The molecule has 0 spiro atoms. The van der Waals surface area contributed by atoms with Gasteiger partial charge in [0.2, 0.25) is 0 Å². The van der Waals surface area contributed by atoms with Crippen molar-refractivity contribution in [1.82, 2.24) is 0 Å². The van der Waals surface area contributed by atoms with Gasteiger partial charge in [-0.15, -0.1) is 6.58 Å². The van der Waals surface area contributed by atoms with E-state index in [4.69, 9.17) is 0 Å². The van der Waals surface area contributed by atoms with E-state index in [0.717, 1.165) is 29.9 Å². The highest BCUT2D eigenvalue weighted by atomic mass is 31.1. The Morgan fingerprint density at radius 1 is 1.38 bits per heavy atom. The van der Waals surface area contributed by atoms with Crippen LogP contribution >= 0.6 is 7.80 Å². The van der Waals surface area contributed by atoms with Crippen molar-refractivity contribution in [2.45, 2.75) is 26.2 Å². The summed E-state index contributed by atoms with van der Waals surface area (Å²) in [5, 5.41) is 1.96. The second-order valence-electron chi connectivity index (χ2n) is 3.56. The lowest BCUT2D eigenvalue weighted by Crippen LogP contribution is -1.96. The van der Waals surface area contributed by atoms with Crippen molar-refractivity contribution in [3.63, 3.8) is 0 Å². The Hall–Kier alpha value is -1.20. The molecule has 1 atom stereocenters. The Bertz CT molecular complexity index is 379. The van der Waals surface area contributed by atoms with Crippen LogP contribution in [-0.2, 0) is 4.57 Å². The largest absolute Gasteiger partial charge is 0.410 e. The van der Waals surface area contributed by atoms with Crippen LogP contribution in [0.3, 0.4) is 0 Å². The molecule has 1 rings (SSSR count). The van der Waals surface area contributed by atoms with Gasteiger partial charge in [0.05, 0.1) is 0 Å². The summed E-state index contributed by atoms with van der Waals surface area (Å²) in [7, 11) is -1.39. The fourth-order valence-corrected chi connectivity index (χ4v) is 2.96. The fraction of sp³-hybridized carbons (Fsp3) is 0.286. The summed E-state index contributed by atoms with van der Waals surface area (Å²) in [4.78, 5) is 0. The van der Waals surface area contributed by atoms with Crippen LogP contribution in [0.4, 0.5) is 0 Å². The van der Waals surface area contributed by atoms with Crippen molar-refractivity contribution in [2.75, 3.05) is 0 Å². The minimum Gasteiger partial charge on any atom is -0.103 e. The zero-order chi connectivity index (χ0) is 11.8. The van der Waals surface area contributed by atoms with Crippen LogP contribution in [0.25, 0.3) is 0 Å². The van der Waals surface area contributed by atoms with Crippen molar-refractivity contribution < 1.29 is 4.57 Å². The molecular weight excluding hydrogens is 215 g/mol. The molecule has 0 N–H and O–H groups in total. The van der Waals surface area contributed by atoms with Crippen molar-refractivity contribution in [1.29, 1.82) is 0 Å². The molecule has 0 fully saturated rings. The Morgan fingerprint density at radius 3 is 2.62 bits per heavy atom. The fourth-order valence-electron chi connectivity index (χ4n) is 1.50. The highest BCUT2D eigenvalue weighted by Crippen LogP contribution is 2.34. The normalized spacial score (nSPS) is 12.3. The number of allylic oxidation sites excluding steroid dienone is 3. The first-order valence-corrected chi connectivity index (χ1v) is 6.87. The van der Waals surface area contributed by atoms with Crippen LogP contribution in [-0.4, -0.2) is 0 Å². The molecule has 0 aliphatic heterocycles. The van der Waals surface area contributed by atoms with Crippen LogP contribution in [0.2, 0.25) is 0 Å². The van der Waals surface area contributed by atoms with Gasteiger partial charge in [-0.1, -0.05) is 35.8 Å². The molecule has 2 heteroatoms. The first kappa shape index (κ1) is 12.9. The van der Waals surface area contributed by atoms with Crippen molar-refractivity contribution in [3.05, 3.63) is 54.4 Å². The van der Waals surface area contributed by atoms with E-state index in [1.165, 1.54) is 0 Å². The second kappa shape index (κ2) is 7.14. The maximum Gasteiger partial charge on any atom is 0.410 e. The number of benzene rings is 1. The minimum atomic E-state index is -1.39. The maximum absolute atomic E-state index is 12.3. The van der Waals surface area contributed by atoms with E-state index >= 15 is 0 Å². The van der Waals surface area contributed by atoms with E-state index in [9.17, 15) is 4.57 Å². The molecule has 16 heavy (non-hydrogen) atoms. The van der Waals surface area contributed by atoms with Gasteiger partial charge in [-0.05, 0) is 31.1 Å². The lowest BCUT2D eigenvalue weighted by molar-refractivity contribution is 0.595. The third kappa shape index (κ3) is 3.75. The van der Waals surface area contributed by atoms with E-state index in [-0.39, 0.29) is 0 Å². The lowest BCUT2D eigenvalue weighted by atomic mass is 10.2. The van der Waals surface area contributed by atoms with Crippen LogP contribution in [0.1, 0.15) is 26.2 Å². The molecule has 1 aromatic rings. The van der Waals surface area contributed by atoms with E-state index in [2.05, 4.69) is 19.6 Å². The van der Waals surface area contributed by atoms with E-state index < -0.39 is 7.80 Å². The van der Waals surface area contributed by atoms with Gasteiger partial charge in [0, 0.05) is 6.42 Å². The molecule has 84 valence electrons. The zero-order valence-corrected chi connectivity index (χ0v) is 10.6. The Balaban J connectivity index is 2.83. The van der Waals surface area contributed by atoms with Crippen LogP contribution in [0.5, 0.6) is 0 Å². The van der Waals surface area contributed by atoms with Crippen molar-refractivity contribution in [2.24, 2.45) is 0 Å². The second-order valence-corrected chi connectivity index (χ2v) is 5.24. The molecule has 0 radical (unpaired) electrons. The summed E-state index contributed by atoms with van der Waals surface area (Å²) < 4.78 is 12.3. The summed E-state index contributed by atoms with van der Waals surface area (Å²) in [6.07, 6.45) is 6.62. The van der Waals surface area contributed by atoms with Crippen molar-refractivity contribution in [3.8, 4) is 0 Å². The molecule has 0 aliphatic carbocycles. The predicted octanol–water partition coefficient (Wildman–Crippen LogP) is 4.40. The molecule has 1 aromatic carbocycles. The Kier molecular flexibility index (Phi) is 5.74. The Labute approximate surface area is 98.7 Å². The van der Waals surface area contributed by atoms with Gasteiger partial charge in [0.25, 0.3) is 0 Å². The molecular formula is C14H18OP+. The lowest BCUT2D eigenvalue weighted by Gasteiger charge is -1.94. The summed E-state index contributed by atoms with van der Waals surface area (Å²) >= 11 is 0. The van der Waals surface area contributed by atoms with Crippen molar-refractivity contribution >= 4 is 13.1 Å². The average Bonchev–Trinajstić information content (AvgIpc) is 2.35. The molecule has 0 saturated heterocycles. The predicted molar refractivity (Wildman–Crippen MR) is 71.5 cm³/mol. The Morgan fingerprint density at radius 2 is 2.06 bits per heavy atom. The first-order valence-electron chi connectivity index (χ1n) is 5.61. The number of rotatable bonds is 6. The molecule has 1 nitrogen and oxygen atoms in total. The van der Waals surface area contributed by atoms with Gasteiger partial charge in [-0.3, -0.25) is 0 Å². The SMILES string of the molecule is C=CCC/C(=C\CC)[P+](=O)c1ccccc1. The average molecular weight is 233 g/mol. The van der Waals surface area contributed by atoms with Gasteiger partial charge >= 0.3 is 7.80 Å². The van der Waals surface area contributed by atoms with Gasteiger partial charge in [-0.2, -0.15) is 0 Å². The van der Waals surface area contributed by atoms with Gasteiger partial charge in [0.15, 0.2) is 10.6 Å². The molecule has 0 aromatic heterocycles. The van der Waals surface area contributed by atoms with E-state index in [1.807, 2.05) is 36.4 Å². The highest BCUT2D eigenvalue weighted by molar-refractivity contribution is 7.57. The number of hydrogen-bond donors (Lipinski definition) is 0. The molecule has 0 aliphatic rings. The molecule has 0 saturated carbocycles. The molecule has 0 heterocycles. The smallest absolute Gasteiger partial charge is 0.103 e.